The maximum Gasteiger partial charge on any atom is 0.316 e. The van der Waals surface area contributed by atoms with E-state index in [9.17, 15) is 9.90 Å². The predicted octanol–water partition coefficient (Wildman–Crippen LogP) is 2.33. The summed E-state index contributed by atoms with van der Waals surface area (Å²) in [5, 5.41) is 17.0. The molecule has 3 atom stereocenters. The molecule has 0 spiro atoms. The third-order valence-corrected chi connectivity index (χ3v) is 4.85. The van der Waals surface area contributed by atoms with Crippen LogP contribution in [0.15, 0.2) is 30.3 Å². The molecule has 2 saturated heterocycles. The molecule has 3 rings (SSSR count). The lowest BCUT2D eigenvalue weighted by atomic mass is 9.98. The third-order valence-electron chi connectivity index (χ3n) is 4.85. The molecule has 0 saturated carbocycles. The fourth-order valence-corrected chi connectivity index (χ4v) is 3.72. The second-order valence-corrected chi connectivity index (χ2v) is 6.14. The number of hydrogen-bond donors (Lipinski definition) is 2. The van der Waals surface area contributed by atoms with Gasteiger partial charge in [0.25, 0.3) is 0 Å². The molecule has 2 heterocycles. The third kappa shape index (κ3) is 3.67. The van der Waals surface area contributed by atoms with E-state index in [1.54, 1.807) is 0 Å². The number of ether oxygens (including phenoxy) is 1. The van der Waals surface area contributed by atoms with Crippen LogP contribution in [0.3, 0.4) is 0 Å². The Balaban J connectivity index is 0.00000192. The average molecular weight is 339 g/mol. The van der Waals surface area contributed by atoms with E-state index in [-0.39, 0.29) is 31.1 Å². The van der Waals surface area contributed by atoms with Crippen molar-refractivity contribution in [1.29, 1.82) is 5.41 Å². The number of piperidine rings is 1. The number of aliphatic hydroxyl groups excluding tert-OH is 1. The summed E-state index contributed by atoms with van der Waals surface area (Å²) in [6.07, 6.45) is 5.02. The number of nitrogens with one attached hydrogen (secondary N) is 1. The van der Waals surface area contributed by atoms with Gasteiger partial charge in [0, 0.05) is 24.9 Å². The van der Waals surface area contributed by atoms with E-state index in [2.05, 4.69) is 4.90 Å². The summed E-state index contributed by atoms with van der Waals surface area (Å²) in [5.41, 5.74) is 0.787. The van der Waals surface area contributed by atoms with Crippen molar-refractivity contribution in [2.45, 2.75) is 49.8 Å². The number of halogens is 1. The van der Waals surface area contributed by atoms with Crippen molar-refractivity contribution < 1.29 is 14.6 Å². The molecule has 2 fully saturated rings. The highest BCUT2D eigenvalue weighted by Crippen LogP contribution is 2.36. The van der Waals surface area contributed by atoms with Crippen molar-refractivity contribution in [3.05, 3.63) is 35.9 Å². The van der Waals surface area contributed by atoms with Crippen LogP contribution in [0.2, 0.25) is 0 Å². The molecule has 1 aromatic rings. The molecular formula is C17H23ClN2O3. The smallest absolute Gasteiger partial charge is 0.316 e. The first kappa shape index (κ1) is 17.8. The van der Waals surface area contributed by atoms with Gasteiger partial charge in [0.2, 0.25) is 0 Å². The highest BCUT2D eigenvalue weighted by Gasteiger charge is 2.41. The van der Waals surface area contributed by atoms with Gasteiger partial charge in [0.05, 0.1) is 12.9 Å². The van der Waals surface area contributed by atoms with Crippen molar-refractivity contribution in [1.82, 2.24) is 4.90 Å². The summed E-state index contributed by atoms with van der Waals surface area (Å²) in [5.74, 6) is -0.957. The van der Waals surface area contributed by atoms with E-state index in [0.717, 1.165) is 31.2 Å². The number of benzene rings is 1. The Hall–Kier alpha value is -1.59. The van der Waals surface area contributed by atoms with Crippen molar-refractivity contribution >= 4 is 24.7 Å². The summed E-state index contributed by atoms with van der Waals surface area (Å²) in [4.78, 5) is 14.5. The molecule has 1 aromatic carbocycles. The fraction of sp³-hybridized carbons (Fsp3) is 0.529. The number of carbonyl (C=O) groups excluding carboxylic acids is 1. The second-order valence-electron chi connectivity index (χ2n) is 6.14. The Morgan fingerprint density at radius 3 is 2.43 bits per heavy atom. The van der Waals surface area contributed by atoms with Gasteiger partial charge in [-0.15, -0.1) is 12.4 Å². The van der Waals surface area contributed by atoms with E-state index in [1.165, 1.54) is 6.34 Å². The molecule has 3 unspecified atom stereocenters. The predicted molar refractivity (Wildman–Crippen MR) is 90.1 cm³/mol. The number of aliphatic hydroxyl groups is 1. The first-order chi connectivity index (χ1) is 10.7. The van der Waals surface area contributed by atoms with Gasteiger partial charge in [-0.3, -0.25) is 10.2 Å². The topological polar surface area (TPSA) is 73.6 Å². The van der Waals surface area contributed by atoms with Gasteiger partial charge < -0.3 is 14.7 Å². The van der Waals surface area contributed by atoms with Crippen LogP contribution >= 0.6 is 12.4 Å². The van der Waals surface area contributed by atoms with E-state index < -0.39 is 5.92 Å². The van der Waals surface area contributed by atoms with E-state index in [0.29, 0.717) is 12.1 Å². The lowest BCUT2D eigenvalue weighted by molar-refractivity contribution is -0.154. The Kier molecular flexibility index (Phi) is 6.02. The second kappa shape index (κ2) is 7.79. The number of hydrogen-bond acceptors (Lipinski definition) is 4. The number of nitrogens with zero attached hydrogens (tertiary/aromatic N) is 1. The van der Waals surface area contributed by atoms with E-state index >= 15 is 0 Å². The molecule has 5 nitrogen and oxygen atoms in total. The molecule has 126 valence electrons. The van der Waals surface area contributed by atoms with Crippen molar-refractivity contribution in [3.8, 4) is 0 Å². The van der Waals surface area contributed by atoms with E-state index in [4.69, 9.17) is 10.1 Å². The van der Waals surface area contributed by atoms with Gasteiger partial charge in [-0.25, -0.2) is 0 Å². The lowest BCUT2D eigenvalue weighted by Crippen LogP contribution is -2.45. The molecular weight excluding hydrogens is 316 g/mol. The summed E-state index contributed by atoms with van der Waals surface area (Å²) in [6, 6.07) is 9.90. The maximum absolute atomic E-state index is 12.4. The van der Waals surface area contributed by atoms with Gasteiger partial charge >= 0.3 is 5.97 Å². The molecule has 0 aromatic heterocycles. The van der Waals surface area contributed by atoms with E-state index in [1.807, 2.05) is 30.3 Å². The SMILES string of the molecule is Cl.N=CN1C2CCC1CC(OC(=O)C(CO)c1ccccc1)C2. The summed E-state index contributed by atoms with van der Waals surface area (Å²) >= 11 is 0. The Bertz CT molecular complexity index is 526. The van der Waals surface area contributed by atoms with Crippen LogP contribution in [0, 0.1) is 5.41 Å². The maximum atomic E-state index is 12.4. The number of rotatable bonds is 5. The zero-order valence-corrected chi connectivity index (χ0v) is 13.7. The molecule has 2 aliphatic heterocycles. The highest BCUT2D eigenvalue weighted by molar-refractivity contribution is 5.85. The normalized spacial score (nSPS) is 27.0. The van der Waals surface area contributed by atoms with Gasteiger partial charge in [-0.2, -0.15) is 0 Å². The Morgan fingerprint density at radius 2 is 1.91 bits per heavy atom. The monoisotopic (exact) mass is 338 g/mol. The number of carbonyl (C=O) groups is 1. The highest BCUT2D eigenvalue weighted by atomic mass is 35.5. The first-order valence-electron chi connectivity index (χ1n) is 7.87. The van der Waals surface area contributed by atoms with Crippen molar-refractivity contribution in [2.24, 2.45) is 0 Å². The number of fused-ring (bicyclic) bond motifs is 2. The molecule has 0 aliphatic carbocycles. The summed E-state index contributed by atoms with van der Waals surface area (Å²) in [6.45, 7) is -0.241. The Labute approximate surface area is 142 Å². The zero-order chi connectivity index (χ0) is 15.5. The fourth-order valence-electron chi connectivity index (χ4n) is 3.72. The van der Waals surface area contributed by atoms with Crippen molar-refractivity contribution in [3.63, 3.8) is 0 Å². The van der Waals surface area contributed by atoms with Crippen molar-refractivity contribution in [2.75, 3.05) is 6.61 Å². The lowest BCUT2D eigenvalue weighted by Gasteiger charge is -2.37. The average Bonchev–Trinajstić information content (AvgIpc) is 2.79. The molecule has 6 heteroatoms. The molecule has 2 bridgehead atoms. The largest absolute Gasteiger partial charge is 0.462 e. The van der Waals surface area contributed by atoms with Gasteiger partial charge in [0.1, 0.15) is 12.0 Å². The minimum absolute atomic E-state index is 0. The van der Waals surface area contributed by atoms with Gasteiger partial charge in [-0.1, -0.05) is 30.3 Å². The van der Waals surface area contributed by atoms with Crippen LogP contribution in [-0.2, 0) is 9.53 Å². The number of esters is 1. The summed E-state index contributed by atoms with van der Waals surface area (Å²) < 4.78 is 5.67. The molecule has 2 aliphatic rings. The summed E-state index contributed by atoms with van der Waals surface area (Å²) in [7, 11) is 0. The van der Waals surface area contributed by atoms with Crippen LogP contribution in [0.25, 0.3) is 0 Å². The van der Waals surface area contributed by atoms with Crippen LogP contribution in [0.1, 0.15) is 37.2 Å². The van der Waals surface area contributed by atoms with Crippen LogP contribution in [0.5, 0.6) is 0 Å². The molecule has 23 heavy (non-hydrogen) atoms. The van der Waals surface area contributed by atoms with Crippen LogP contribution in [-0.4, -0.2) is 47.1 Å². The quantitative estimate of drug-likeness (QED) is 0.491. The van der Waals surface area contributed by atoms with Crippen LogP contribution in [0.4, 0.5) is 0 Å². The minimum atomic E-state index is -0.611. The first-order valence-corrected chi connectivity index (χ1v) is 7.87. The molecule has 2 N–H and O–H groups in total. The zero-order valence-electron chi connectivity index (χ0n) is 12.9. The molecule has 0 radical (unpaired) electrons. The minimum Gasteiger partial charge on any atom is -0.462 e. The van der Waals surface area contributed by atoms with Crippen LogP contribution < -0.4 is 0 Å². The van der Waals surface area contributed by atoms with Gasteiger partial charge in [-0.05, 0) is 18.4 Å². The standard InChI is InChI=1S/C17H22N2O3.ClH/c18-11-19-13-6-7-14(19)9-15(8-13)22-17(21)16(10-20)12-4-2-1-3-5-12;/h1-5,11,13-16,18,20H,6-10H2;1H. The van der Waals surface area contributed by atoms with Gasteiger partial charge in [0.15, 0.2) is 0 Å². The Morgan fingerprint density at radius 1 is 1.30 bits per heavy atom. The molecule has 0 amide bonds.